The van der Waals surface area contributed by atoms with Crippen molar-refractivity contribution in [3.63, 3.8) is 0 Å². The van der Waals surface area contributed by atoms with Gasteiger partial charge in [0.15, 0.2) is 5.65 Å². The van der Waals surface area contributed by atoms with E-state index >= 15 is 0 Å². The van der Waals surface area contributed by atoms with Gasteiger partial charge in [0, 0.05) is 39.0 Å². The molecule has 7 heteroatoms. The minimum atomic E-state index is 0.296. The highest BCUT2D eigenvalue weighted by Crippen LogP contribution is 2.27. The molecule has 0 aliphatic carbocycles. The Bertz CT molecular complexity index is 1050. The van der Waals surface area contributed by atoms with Crippen LogP contribution in [0.4, 0.5) is 5.82 Å². The van der Waals surface area contributed by atoms with Crippen LogP contribution in [0.3, 0.4) is 0 Å². The Kier molecular flexibility index (Phi) is 7.92. The lowest BCUT2D eigenvalue weighted by atomic mass is 10.1. The van der Waals surface area contributed by atoms with Crippen molar-refractivity contribution in [2.75, 3.05) is 31.1 Å². The number of hydrogen-bond acceptors (Lipinski definition) is 5. The number of carbonyl (C=O) groups excluding carboxylic acids is 1. The molecule has 1 amide bonds. The number of benzene rings is 1. The maximum absolute atomic E-state index is 12.7. The molecule has 0 bridgehead atoms. The SMILES string of the molecule is CCCCCCC(=O)N1CCCN(c2nc(CCC)nc3c2cnn3-c2ccccc2)CC1. The smallest absolute Gasteiger partial charge is 0.222 e. The first-order valence-electron chi connectivity index (χ1n) is 12.5. The van der Waals surface area contributed by atoms with E-state index < -0.39 is 0 Å². The van der Waals surface area contributed by atoms with E-state index in [1.54, 1.807) is 0 Å². The molecule has 0 radical (unpaired) electrons. The molecule has 0 spiro atoms. The zero-order chi connectivity index (χ0) is 23.0. The van der Waals surface area contributed by atoms with E-state index in [4.69, 9.17) is 9.97 Å². The van der Waals surface area contributed by atoms with Gasteiger partial charge in [-0.2, -0.15) is 5.10 Å². The molecule has 1 aliphatic heterocycles. The molecule has 1 aliphatic rings. The summed E-state index contributed by atoms with van der Waals surface area (Å²) in [5.41, 5.74) is 1.85. The summed E-state index contributed by atoms with van der Waals surface area (Å²) >= 11 is 0. The topological polar surface area (TPSA) is 67.2 Å². The van der Waals surface area contributed by atoms with E-state index in [1.807, 2.05) is 46.1 Å². The fourth-order valence-electron chi connectivity index (χ4n) is 4.51. The largest absolute Gasteiger partial charge is 0.354 e. The van der Waals surface area contributed by atoms with E-state index in [2.05, 4.69) is 23.8 Å². The van der Waals surface area contributed by atoms with E-state index in [0.29, 0.717) is 12.3 Å². The second-order valence-corrected chi connectivity index (χ2v) is 8.87. The number of nitrogens with zero attached hydrogens (tertiary/aromatic N) is 6. The average Bonchev–Trinajstić information content (AvgIpc) is 3.11. The van der Waals surface area contributed by atoms with Gasteiger partial charge in [0.1, 0.15) is 11.6 Å². The molecule has 4 rings (SSSR count). The summed E-state index contributed by atoms with van der Waals surface area (Å²) in [6.45, 7) is 7.58. The van der Waals surface area contributed by atoms with Crippen LogP contribution in [-0.4, -0.2) is 56.7 Å². The molecular weight excluding hydrogens is 412 g/mol. The summed E-state index contributed by atoms with van der Waals surface area (Å²) in [6.07, 6.45) is 9.87. The second kappa shape index (κ2) is 11.3. The van der Waals surface area contributed by atoms with Gasteiger partial charge >= 0.3 is 0 Å². The van der Waals surface area contributed by atoms with Gasteiger partial charge in [-0.25, -0.2) is 14.6 Å². The van der Waals surface area contributed by atoms with Gasteiger partial charge in [0.2, 0.25) is 5.91 Å². The zero-order valence-corrected chi connectivity index (χ0v) is 20.0. The minimum Gasteiger partial charge on any atom is -0.354 e. The predicted octanol–water partition coefficient (Wildman–Crippen LogP) is 4.78. The quantitative estimate of drug-likeness (QED) is 0.441. The van der Waals surface area contributed by atoms with Gasteiger partial charge in [-0.05, 0) is 31.4 Å². The van der Waals surface area contributed by atoms with Crippen LogP contribution in [-0.2, 0) is 11.2 Å². The third-order valence-electron chi connectivity index (χ3n) is 6.32. The summed E-state index contributed by atoms with van der Waals surface area (Å²) in [7, 11) is 0. The third kappa shape index (κ3) is 5.52. The fourth-order valence-corrected chi connectivity index (χ4v) is 4.51. The molecule has 176 valence electrons. The lowest BCUT2D eigenvalue weighted by Gasteiger charge is -2.24. The highest BCUT2D eigenvalue weighted by molar-refractivity contribution is 5.88. The Morgan fingerprint density at radius 3 is 2.58 bits per heavy atom. The molecule has 3 heterocycles. The number of para-hydroxylation sites is 1. The molecule has 7 nitrogen and oxygen atoms in total. The zero-order valence-electron chi connectivity index (χ0n) is 20.0. The maximum atomic E-state index is 12.7. The number of anilines is 1. The highest BCUT2D eigenvalue weighted by atomic mass is 16.2. The molecule has 33 heavy (non-hydrogen) atoms. The van der Waals surface area contributed by atoms with Crippen molar-refractivity contribution in [3.05, 3.63) is 42.4 Å². The number of carbonyl (C=O) groups is 1. The minimum absolute atomic E-state index is 0.296. The second-order valence-electron chi connectivity index (χ2n) is 8.87. The number of aromatic nitrogens is 4. The maximum Gasteiger partial charge on any atom is 0.222 e. The Morgan fingerprint density at radius 1 is 0.939 bits per heavy atom. The van der Waals surface area contributed by atoms with E-state index in [9.17, 15) is 4.79 Å². The summed E-state index contributed by atoms with van der Waals surface area (Å²) in [6, 6.07) is 10.1. The van der Waals surface area contributed by atoms with Crippen molar-refractivity contribution in [1.29, 1.82) is 0 Å². The normalized spacial score (nSPS) is 14.6. The number of aryl methyl sites for hydroxylation is 1. The summed E-state index contributed by atoms with van der Waals surface area (Å²) < 4.78 is 1.91. The molecule has 3 aromatic rings. The summed E-state index contributed by atoms with van der Waals surface area (Å²) in [4.78, 5) is 26.9. The molecule has 0 N–H and O–H groups in total. The van der Waals surface area contributed by atoms with Gasteiger partial charge in [-0.1, -0.05) is 51.3 Å². The fraction of sp³-hybridized carbons (Fsp3) is 0.538. The number of fused-ring (bicyclic) bond motifs is 1. The molecule has 1 aromatic carbocycles. The van der Waals surface area contributed by atoms with Crippen molar-refractivity contribution >= 4 is 22.8 Å². The Balaban J connectivity index is 1.56. The van der Waals surface area contributed by atoms with Crippen molar-refractivity contribution < 1.29 is 4.79 Å². The molecular formula is C26H36N6O. The van der Waals surface area contributed by atoms with Crippen molar-refractivity contribution in [1.82, 2.24) is 24.6 Å². The molecule has 0 unspecified atom stereocenters. The van der Waals surface area contributed by atoms with Gasteiger partial charge in [0.25, 0.3) is 0 Å². The first-order chi connectivity index (χ1) is 16.2. The molecule has 0 saturated carbocycles. The predicted molar refractivity (Wildman–Crippen MR) is 133 cm³/mol. The van der Waals surface area contributed by atoms with E-state index in [1.165, 1.54) is 12.8 Å². The van der Waals surface area contributed by atoms with Crippen LogP contribution in [0, 0.1) is 0 Å². The molecule has 1 fully saturated rings. The van der Waals surface area contributed by atoms with Crippen LogP contribution < -0.4 is 4.90 Å². The van der Waals surface area contributed by atoms with Crippen LogP contribution in [0.5, 0.6) is 0 Å². The Hall–Kier alpha value is -2.96. The third-order valence-corrected chi connectivity index (χ3v) is 6.32. The Labute approximate surface area is 196 Å². The van der Waals surface area contributed by atoms with E-state index in [0.717, 1.165) is 86.6 Å². The Morgan fingerprint density at radius 2 is 1.79 bits per heavy atom. The van der Waals surface area contributed by atoms with Crippen LogP contribution >= 0.6 is 0 Å². The average molecular weight is 449 g/mol. The molecule has 1 saturated heterocycles. The standard InChI is InChI=1S/C26H36N6O/c1-3-5-6-10-15-24(33)30-16-11-17-31(19-18-30)25-22-20-27-32(21-13-8-7-9-14-21)26(22)29-23(28-25)12-4-2/h7-9,13-14,20H,3-6,10-12,15-19H2,1-2H3. The lowest BCUT2D eigenvalue weighted by molar-refractivity contribution is -0.131. The van der Waals surface area contributed by atoms with E-state index in [-0.39, 0.29) is 0 Å². The van der Waals surface area contributed by atoms with Crippen molar-refractivity contribution in [2.45, 2.75) is 65.2 Å². The van der Waals surface area contributed by atoms with Crippen LogP contribution in [0.1, 0.15) is 64.6 Å². The van der Waals surface area contributed by atoms with Crippen molar-refractivity contribution in [2.24, 2.45) is 0 Å². The number of rotatable bonds is 9. The summed E-state index contributed by atoms with van der Waals surface area (Å²) in [5.74, 6) is 2.10. The highest BCUT2D eigenvalue weighted by Gasteiger charge is 2.23. The van der Waals surface area contributed by atoms with Gasteiger partial charge in [-0.15, -0.1) is 0 Å². The molecule has 2 aromatic heterocycles. The first-order valence-corrected chi connectivity index (χ1v) is 12.5. The van der Waals surface area contributed by atoms with Crippen LogP contribution in [0.25, 0.3) is 16.7 Å². The van der Waals surface area contributed by atoms with Crippen LogP contribution in [0.15, 0.2) is 36.5 Å². The molecule has 0 atom stereocenters. The monoisotopic (exact) mass is 448 g/mol. The summed E-state index contributed by atoms with van der Waals surface area (Å²) in [5, 5.41) is 5.63. The van der Waals surface area contributed by atoms with Crippen LogP contribution in [0.2, 0.25) is 0 Å². The van der Waals surface area contributed by atoms with Gasteiger partial charge in [0.05, 0.1) is 17.3 Å². The van der Waals surface area contributed by atoms with Crippen molar-refractivity contribution in [3.8, 4) is 5.69 Å². The number of hydrogen-bond donors (Lipinski definition) is 0. The number of unbranched alkanes of at least 4 members (excludes halogenated alkanes) is 3. The van der Waals surface area contributed by atoms with Gasteiger partial charge < -0.3 is 9.80 Å². The number of amides is 1. The van der Waals surface area contributed by atoms with Gasteiger partial charge in [-0.3, -0.25) is 4.79 Å². The lowest BCUT2D eigenvalue weighted by Crippen LogP contribution is -2.35. The first kappa shape index (κ1) is 23.2.